The molecule has 0 bridgehead atoms. The summed E-state index contributed by atoms with van der Waals surface area (Å²) in [6.45, 7) is -0.120. The Labute approximate surface area is 158 Å². The summed E-state index contributed by atoms with van der Waals surface area (Å²) in [5.74, 6) is -0.780. The van der Waals surface area contributed by atoms with Crippen molar-refractivity contribution in [2.45, 2.75) is 25.8 Å². The maximum absolute atomic E-state index is 12.8. The molecule has 1 aliphatic rings. The minimum Gasteiger partial charge on any atom is -0.465 e. The highest BCUT2D eigenvalue weighted by molar-refractivity contribution is 7.18. The predicted molar refractivity (Wildman–Crippen MR) is 102 cm³/mol. The van der Waals surface area contributed by atoms with Crippen LogP contribution in [0.5, 0.6) is 0 Å². The largest absolute Gasteiger partial charge is 0.465 e. The first-order valence-electron chi connectivity index (χ1n) is 8.54. The molecule has 3 aromatic rings. The maximum atomic E-state index is 12.8. The molecule has 8 heteroatoms. The molecule has 2 aromatic heterocycles. The molecule has 0 aliphatic heterocycles. The number of thiophene rings is 1. The van der Waals surface area contributed by atoms with Gasteiger partial charge in [-0.25, -0.2) is 9.78 Å². The fraction of sp³-hybridized carbons (Fsp3) is 0.263. The van der Waals surface area contributed by atoms with Crippen LogP contribution in [-0.2, 0) is 28.9 Å². The van der Waals surface area contributed by atoms with Crippen LogP contribution < -0.4 is 10.9 Å². The summed E-state index contributed by atoms with van der Waals surface area (Å²) in [7, 11) is 1.31. The monoisotopic (exact) mass is 383 g/mol. The van der Waals surface area contributed by atoms with Crippen LogP contribution in [0.15, 0.2) is 35.4 Å². The van der Waals surface area contributed by atoms with Crippen LogP contribution in [0.1, 0.15) is 27.2 Å². The summed E-state index contributed by atoms with van der Waals surface area (Å²) >= 11 is 1.57. The zero-order valence-electron chi connectivity index (χ0n) is 14.7. The van der Waals surface area contributed by atoms with Crippen molar-refractivity contribution < 1.29 is 14.3 Å². The van der Waals surface area contributed by atoms with E-state index in [1.54, 1.807) is 35.6 Å². The van der Waals surface area contributed by atoms with E-state index < -0.39 is 5.97 Å². The summed E-state index contributed by atoms with van der Waals surface area (Å²) in [5.41, 5.74) is 1.86. The van der Waals surface area contributed by atoms with Gasteiger partial charge in [-0.15, -0.1) is 11.3 Å². The van der Waals surface area contributed by atoms with Gasteiger partial charge >= 0.3 is 5.97 Å². The minimum atomic E-state index is -0.442. The topological polar surface area (TPSA) is 90.3 Å². The Morgan fingerprint density at radius 2 is 2.04 bits per heavy atom. The lowest BCUT2D eigenvalue weighted by Crippen LogP contribution is -2.28. The highest BCUT2D eigenvalue weighted by Crippen LogP contribution is 2.34. The van der Waals surface area contributed by atoms with Crippen molar-refractivity contribution >= 4 is 39.1 Å². The summed E-state index contributed by atoms with van der Waals surface area (Å²) in [6.07, 6.45) is 4.39. The zero-order chi connectivity index (χ0) is 19.0. The number of anilines is 1. The lowest BCUT2D eigenvalue weighted by molar-refractivity contribution is -0.116. The molecule has 0 atom stereocenters. The fourth-order valence-corrected chi connectivity index (χ4v) is 4.51. The van der Waals surface area contributed by atoms with Gasteiger partial charge in [-0.2, -0.15) is 0 Å². The van der Waals surface area contributed by atoms with Gasteiger partial charge in [0, 0.05) is 10.6 Å². The molecule has 0 unspecified atom stereocenters. The average Bonchev–Trinajstić information content (AvgIpc) is 3.25. The van der Waals surface area contributed by atoms with E-state index in [-0.39, 0.29) is 18.0 Å². The molecule has 0 fully saturated rings. The van der Waals surface area contributed by atoms with Crippen LogP contribution in [0.25, 0.3) is 10.2 Å². The van der Waals surface area contributed by atoms with E-state index in [1.807, 2.05) is 0 Å². The number of hydrogen-bond donors (Lipinski definition) is 1. The standard InChI is InChI=1S/C19H17N3O4S/c1-26-19(25)11-5-7-12(8-6-11)21-15(23)9-22-10-20-17-16(18(22)24)13-3-2-4-14(13)27-17/h5-8,10H,2-4,9H2,1H3,(H,21,23). The third-order valence-corrected chi connectivity index (χ3v) is 5.80. The van der Waals surface area contributed by atoms with Gasteiger partial charge in [0.05, 0.1) is 24.4 Å². The van der Waals surface area contributed by atoms with E-state index in [1.165, 1.54) is 22.9 Å². The Bertz CT molecular complexity index is 1100. The maximum Gasteiger partial charge on any atom is 0.337 e. The highest BCUT2D eigenvalue weighted by Gasteiger charge is 2.21. The number of carbonyl (C=O) groups excluding carboxylic acids is 2. The number of aromatic nitrogens is 2. The van der Waals surface area contributed by atoms with Gasteiger partial charge < -0.3 is 10.1 Å². The molecule has 0 saturated heterocycles. The van der Waals surface area contributed by atoms with Crippen LogP contribution in [0, 0.1) is 0 Å². The quantitative estimate of drug-likeness (QED) is 0.699. The highest BCUT2D eigenvalue weighted by atomic mass is 32.1. The van der Waals surface area contributed by atoms with Crippen LogP contribution in [0.2, 0.25) is 0 Å². The molecule has 138 valence electrons. The number of amides is 1. The van der Waals surface area contributed by atoms with Crippen molar-refractivity contribution in [3.8, 4) is 0 Å². The summed E-state index contributed by atoms with van der Waals surface area (Å²) in [4.78, 5) is 42.9. The fourth-order valence-electron chi connectivity index (χ4n) is 3.29. The SMILES string of the molecule is COC(=O)c1ccc(NC(=O)Cn2cnc3sc4c(c3c2=O)CCC4)cc1. The number of carbonyl (C=O) groups is 2. The van der Waals surface area contributed by atoms with E-state index >= 15 is 0 Å². The number of aryl methyl sites for hydroxylation is 2. The number of nitrogens with one attached hydrogen (secondary N) is 1. The number of methoxy groups -OCH3 is 1. The van der Waals surface area contributed by atoms with Crippen LogP contribution in [0.4, 0.5) is 5.69 Å². The molecule has 27 heavy (non-hydrogen) atoms. The van der Waals surface area contributed by atoms with E-state index in [4.69, 9.17) is 0 Å². The van der Waals surface area contributed by atoms with E-state index in [0.29, 0.717) is 16.6 Å². The Balaban J connectivity index is 1.52. The lowest BCUT2D eigenvalue weighted by atomic mass is 10.2. The van der Waals surface area contributed by atoms with Gasteiger partial charge in [0.25, 0.3) is 5.56 Å². The molecule has 4 rings (SSSR count). The lowest BCUT2D eigenvalue weighted by Gasteiger charge is -2.08. The smallest absolute Gasteiger partial charge is 0.337 e. The molecule has 0 spiro atoms. The third kappa shape index (κ3) is 3.23. The van der Waals surface area contributed by atoms with Crippen molar-refractivity contribution in [1.29, 1.82) is 0 Å². The van der Waals surface area contributed by atoms with Crippen molar-refractivity contribution in [1.82, 2.24) is 9.55 Å². The van der Waals surface area contributed by atoms with Crippen molar-refractivity contribution in [2.24, 2.45) is 0 Å². The number of nitrogens with zero attached hydrogens (tertiary/aromatic N) is 2. The van der Waals surface area contributed by atoms with Gasteiger partial charge in [-0.3, -0.25) is 14.2 Å². The molecule has 1 aromatic carbocycles. The van der Waals surface area contributed by atoms with Gasteiger partial charge in [-0.1, -0.05) is 0 Å². The molecule has 0 radical (unpaired) electrons. The minimum absolute atomic E-state index is 0.120. The summed E-state index contributed by atoms with van der Waals surface area (Å²) in [6, 6.07) is 6.35. The molecule has 2 heterocycles. The number of hydrogen-bond acceptors (Lipinski definition) is 6. The summed E-state index contributed by atoms with van der Waals surface area (Å²) in [5, 5.41) is 3.38. The second kappa shape index (κ2) is 6.96. The molecular formula is C19H17N3O4S. The molecule has 7 nitrogen and oxygen atoms in total. The molecule has 0 saturated carbocycles. The number of fused-ring (bicyclic) bond motifs is 3. The van der Waals surface area contributed by atoms with Gasteiger partial charge in [0.15, 0.2) is 0 Å². The molecule has 1 amide bonds. The number of benzene rings is 1. The van der Waals surface area contributed by atoms with Gasteiger partial charge in [0.1, 0.15) is 11.4 Å². The Morgan fingerprint density at radius 1 is 1.26 bits per heavy atom. The average molecular weight is 383 g/mol. The van der Waals surface area contributed by atoms with E-state index in [0.717, 1.165) is 29.7 Å². The third-order valence-electron chi connectivity index (χ3n) is 4.60. The summed E-state index contributed by atoms with van der Waals surface area (Å²) < 4.78 is 5.98. The normalized spacial score (nSPS) is 12.8. The number of ether oxygens (including phenoxy) is 1. The van der Waals surface area contributed by atoms with Crippen LogP contribution in [-0.4, -0.2) is 28.5 Å². The second-order valence-corrected chi connectivity index (χ2v) is 7.42. The molecule has 1 N–H and O–H groups in total. The van der Waals surface area contributed by atoms with Crippen molar-refractivity contribution in [2.75, 3.05) is 12.4 Å². The van der Waals surface area contributed by atoms with Gasteiger partial charge in [-0.05, 0) is 49.1 Å². The Kier molecular flexibility index (Phi) is 4.49. The van der Waals surface area contributed by atoms with E-state index in [9.17, 15) is 14.4 Å². The first-order chi connectivity index (χ1) is 13.1. The number of esters is 1. The Hall–Kier alpha value is -3.00. The predicted octanol–water partition coefficient (Wildman–Crippen LogP) is 2.37. The van der Waals surface area contributed by atoms with E-state index in [2.05, 4.69) is 15.0 Å². The van der Waals surface area contributed by atoms with Crippen LogP contribution >= 0.6 is 11.3 Å². The molecule has 1 aliphatic carbocycles. The Morgan fingerprint density at radius 3 is 2.78 bits per heavy atom. The van der Waals surface area contributed by atoms with Gasteiger partial charge in [0.2, 0.25) is 5.91 Å². The number of rotatable bonds is 4. The second-order valence-electron chi connectivity index (χ2n) is 6.33. The van der Waals surface area contributed by atoms with Crippen molar-refractivity contribution in [3.63, 3.8) is 0 Å². The first-order valence-corrected chi connectivity index (χ1v) is 9.36. The van der Waals surface area contributed by atoms with Crippen molar-refractivity contribution in [3.05, 3.63) is 57.0 Å². The zero-order valence-corrected chi connectivity index (χ0v) is 15.5. The van der Waals surface area contributed by atoms with Crippen LogP contribution in [0.3, 0.4) is 0 Å². The molecular weight excluding hydrogens is 366 g/mol. The first kappa shape index (κ1) is 17.4.